The van der Waals surface area contributed by atoms with E-state index in [1.165, 1.54) is 12.4 Å². The first-order chi connectivity index (χ1) is 9.65. The molecule has 0 saturated heterocycles. The van der Waals surface area contributed by atoms with E-state index in [4.69, 9.17) is 11.1 Å². The molecule has 2 aromatic rings. The van der Waals surface area contributed by atoms with Crippen molar-refractivity contribution in [2.75, 3.05) is 10.7 Å². The summed E-state index contributed by atoms with van der Waals surface area (Å²) >= 11 is 0. The first-order valence-corrected chi connectivity index (χ1v) is 5.75. The van der Waals surface area contributed by atoms with Crippen molar-refractivity contribution in [1.82, 2.24) is 9.97 Å². The van der Waals surface area contributed by atoms with E-state index in [1.807, 2.05) is 0 Å². The summed E-state index contributed by atoms with van der Waals surface area (Å²) in [5.41, 5.74) is 4.05. The third-order valence-electron chi connectivity index (χ3n) is 2.65. The molecular weight excluding hydrogens is 256 g/mol. The van der Waals surface area contributed by atoms with Crippen LogP contribution in [0.3, 0.4) is 0 Å². The van der Waals surface area contributed by atoms with Gasteiger partial charge in [-0.15, -0.1) is 0 Å². The monoisotopic (exact) mass is 268 g/mol. The van der Waals surface area contributed by atoms with Crippen LogP contribution in [0.5, 0.6) is 0 Å². The minimum Gasteiger partial charge on any atom is -0.319 e. The highest BCUT2D eigenvalue weighted by atomic mass is 16.1. The number of amides is 1. The predicted octanol–water partition coefficient (Wildman–Crippen LogP) is 1.19. The lowest BCUT2D eigenvalue weighted by atomic mass is 10.1. The molecule has 0 fully saturated rings. The molecule has 7 nitrogen and oxygen atoms in total. The molecule has 1 aromatic carbocycles. The van der Waals surface area contributed by atoms with Crippen LogP contribution in [-0.4, -0.2) is 15.9 Å². The number of benzene rings is 1. The Bertz CT molecular complexity index is 692. The zero-order valence-corrected chi connectivity index (χ0v) is 10.7. The summed E-state index contributed by atoms with van der Waals surface area (Å²) in [6.45, 7) is 1.80. The lowest BCUT2D eigenvalue weighted by molar-refractivity contribution is 0.102. The Kier molecular flexibility index (Phi) is 3.88. The number of nitrogens with zero attached hydrogens (tertiary/aromatic N) is 3. The van der Waals surface area contributed by atoms with Crippen LogP contribution in [0.15, 0.2) is 30.6 Å². The van der Waals surface area contributed by atoms with Gasteiger partial charge in [-0.25, -0.2) is 10.8 Å². The number of hydrogen-bond donors (Lipinski definition) is 3. The number of hydrogen-bond acceptors (Lipinski definition) is 6. The quantitative estimate of drug-likeness (QED) is 0.568. The maximum absolute atomic E-state index is 12.1. The molecule has 1 heterocycles. The van der Waals surface area contributed by atoms with Gasteiger partial charge in [0, 0.05) is 0 Å². The van der Waals surface area contributed by atoms with Gasteiger partial charge in [-0.05, 0) is 18.6 Å². The highest BCUT2D eigenvalue weighted by molar-refractivity contribution is 6.03. The number of nitrogens with one attached hydrogen (secondary N) is 2. The maximum atomic E-state index is 12.1. The van der Waals surface area contributed by atoms with Gasteiger partial charge in [0.2, 0.25) is 0 Å². The summed E-state index contributed by atoms with van der Waals surface area (Å²) in [7, 11) is 0. The minimum atomic E-state index is -0.461. The molecule has 1 amide bonds. The van der Waals surface area contributed by atoms with Crippen LogP contribution in [0, 0.1) is 18.3 Å². The van der Waals surface area contributed by atoms with Crippen molar-refractivity contribution in [3.63, 3.8) is 0 Å². The number of aryl methyl sites for hydroxylation is 1. The predicted molar refractivity (Wildman–Crippen MR) is 73.7 cm³/mol. The Balaban J connectivity index is 2.28. The minimum absolute atomic E-state index is 0.103. The first kappa shape index (κ1) is 13.5. The third-order valence-corrected chi connectivity index (χ3v) is 2.65. The Labute approximate surface area is 115 Å². The largest absolute Gasteiger partial charge is 0.319 e. The molecule has 4 N–H and O–H groups in total. The zero-order chi connectivity index (χ0) is 14.5. The van der Waals surface area contributed by atoms with Gasteiger partial charge in [-0.3, -0.25) is 9.78 Å². The number of nitrogen functional groups attached to an aromatic ring is 1. The van der Waals surface area contributed by atoms with Gasteiger partial charge in [-0.1, -0.05) is 12.1 Å². The lowest BCUT2D eigenvalue weighted by Crippen LogP contribution is -2.17. The van der Waals surface area contributed by atoms with Gasteiger partial charge in [0.1, 0.15) is 11.8 Å². The normalized spacial score (nSPS) is 9.65. The van der Waals surface area contributed by atoms with Crippen molar-refractivity contribution in [3.05, 3.63) is 47.4 Å². The van der Waals surface area contributed by atoms with Crippen molar-refractivity contribution in [2.45, 2.75) is 6.92 Å². The molecule has 0 aliphatic carbocycles. The average Bonchev–Trinajstić information content (AvgIpc) is 2.47. The average molecular weight is 268 g/mol. The molecule has 7 heteroatoms. The number of hydrazine groups is 1. The highest BCUT2D eigenvalue weighted by Gasteiger charge is 2.12. The second kappa shape index (κ2) is 5.77. The summed E-state index contributed by atoms with van der Waals surface area (Å²) < 4.78 is 0. The van der Waals surface area contributed by atoms with Crippen LogP contribution in [-0.2, 0) is 0 Å². The summed E-state index contributed by atoms with van der Waals surface area (Å²) in [5.74, 6) is 5.03. The fourth-order valence-corrected chi connectivity index (χ4v) is 1.65. The highest BCUT2D eigenvalue weighted by Crippen LogP contribution is 2.18. The van der Waals surface area contributed by atoms with Crippen LogP contribution in [0.2, 0.25) is 0 Å². The lowest BCUT2D eigenvalue weighted by Gasteiger charge is -2.08. The molecule has 20 heavy (non-hydrogen) atoms. The standard InChI is InChI=1S/C13H12N6O/c1-8-3-2-4-10(9(8)5-14)18-13(20)11-6-16-7-12(17-11)19-15/h2-4,6-7H,15H2,1H3,(H,17,19)(H,18,20). The first-order valence-electron chi connectivity index (χ1n) is 5.75. The SMILES string of the molecule is Cc1cccc(NC(=O)c2cncc(NN)n2)c1C#N. The zero-order valence-electron chi connectivity index (χ0n) is 10.7. The molecule has 0 aliphatic rings. The Morgan fingerprint density at radius 2 is 2.20 bits per heavy atom. The van der Waals surface area contributed by atoms with Crippen molar-refractivity contribution in [1.29, 1.82) is 5.26 Å². The molecule has 2 rings (SSSR count). The van der Waals surface area contributed by atoms with Crippen LogP contribution >= 0.6 is 0 Å². The molecule has 1 aromatic heterocycles. The van der Waals surface area contributed by atoms with E-state index in [0.29, 0.717) is 11.3 Å². The van der Waals surface area contributed by atoms with Gasteiger partial charge in [0.05, 0.1) is 23.6 Å². The van der Waals surface area contributed by atoms with Crippen LogP contribution in [0.4, 0.5) is 11.5 Å². The number of aromatic nitrogens is 2. The van der Waals surface area contributed by atoms with Gasteiger partial charge in [-0.2, -0.15) is 5.26 Å². The molecular formula is C13H12N6O. The van der Waals surface area contributed by atoms with Crippen LogP contribution < -0.4 is 16.6 Å². The number of carbonyl (C=O) groups excluding carboxylic acids is 1. The van der Waals surface area contributed by atoms with Gasteiger partial charge in [0.25, 0.3) is 5.91 Å². The van der Waals surface area contributed by atoms with E-state index in [-0.39, 0.29) is 11.5 Å². The summed E-state index contributed by atoms with van der Waals surface area (Å²) in [6, 6.07) is 7.27. The number of rotatable bonds is 3. The topological polar surface area (TPSA) is 117 Å². The molecule has 0 radical (unpaired) electrons. The van der Waals surface area contributed by atoms with Gasteiger partial charge in [0.15, 0.2) is 5.82 Å². The van der Waals surface area contributed by atoms with Crippen molar-refractivity contribution >= 4 is 17.4 Å². The van der Waals surface area contributed by atoms with E-state index in [9.17, 15) is 4.79 Å². The Morgan fingerprint density at radius 1 is 1.40 bits per heavy atom. The van der Waals surface area contributed by atoms with E-state index in [2.05, 4.69) is 26.8 Å². The van der Waals surface area contributed by atoms with Gasteiger partial charge >= 0.3 is 0 Å². The van der Waals surface area contributed by atoms with Crippen molar-refractivity contribution < 1.29 is 4.79 Å². The molecule has 0 bridgehead atoms. The number of carbonyl (C=O) groups is 1. The smallest absolute Gasteiger partial charge is 0.275 e. The fourth-order valence-electron chi connectivity index (χ4n) is 1.65. The summed E-state index contributed by atoms with van der Waals surface area (Å²) in [5, 5.41) is 11.7. The molecule has 0 unspecified atom stereocenters. The Morgan fingerprint density at radius 3 is 2.90 bits per heavy atom. The molecule has 100 valence electrons. The Hall–Kier alpha value is -2.98. The van der Waals surface area contributed by atoms with Gasteiger partial charge < -0.3 is 10.7 Å². The summed E-state index contributed by atoms with van der Waals surface area (Å²) in [4.78, 5) is 19.9. The molecule has 0 saturated carbocycles. The van der Waals surface area contributed by atoms with Crippen LogP contribution in [0.1, 0.15) is 21.6 Å². The van der Waals surface area contributed by atoms with Crippen LogP contribution in [0.25, 0.3) is 0 Å². The van der Waals surface area contributed by atoms with Crippen molar-refractivity contribution in [3.8, 4) is 6.07 Å². The van der Waals surface area contributed by atoms with E-state index in [0.717, 1.165) is 5.56 Å². The second-order valence-electron chi connectivity index (χ2n) is 4.00. The van der Waals surface area contributed by atoms with Crippen molar-refractivity contribution in [2.24, 2.45) is 5.84 Å². The molecule has 0 aliphatic heterocycles. The number of anilines is 2. The van der Waals surface area contributed by atoms with E-state index in [1.54, 1.807) is 25.1 Å². The maximum Gasteiger partial charge on any atom is 0.275 e. The molecule has 0 spiro atoms. The van der Waals surface area contributed by atoms with E-state index >= 15 is 0 Å². The number of nitriles is 1. The summed E-state index contributed by atoms with van der Waals surface area (Å²) in [6.07, 6.45) is 2.71. The molecule has 0 atom stereocenters. The third kappa shape index (κ3) is 2.71. The van der Waals surface area contributed by atoms with E-state index < -0.39 is 5.91 Å². The number of nitrogens with two attached hydrogens (primary N) is 1. The fraction of sp³-hybridized carbons (Fsp3) is 0.0769. The second-order valence-corrected chi connectivity index (χ2v) is 4.00.